The second kappa shape index (κ2) is 9.17. The fourth-order valence-corrected chi connectivity index (χ4v) is 4.63. The number of hydrogen-bond donors (Lipinski definition) is 1. The highest BCUT2D eigenvalue weighted by molar-refractivity contribution is 7.99. The molecule has 29 heavy (non-hydrogen) atoms. The number of carbonyl (C=O) groups excluding carboxylic acids is 2. The van der Waals surface area contributed by atoms with Gasteiger partial charge >= 0.3 is 5.97 Å². The minimum atomic E-state index is -0.491. The Balaban J connectivity index is 1.69. The third kappa shape index (κ3) is 4.92. The van der Waals surface area contributed by atoms with Gasteiger partial charge in [0.2, 0.25) is 5.91 Å². The predicted molar refractivity (Wildman–Crippen MR) is 116 cm³/mol. The van der Waals surface area contributed by atoms with Crippen LogP contribution in [0, 0.1) is 6.92 Å². The number of thioether (sulfide) groups is 1. The zero-order valence-electron chi connectivity index (χ0n) is 15.7. The first-order chi connectivity index (χ1) is 13.8. The molecule has 0 fully saturated rings. The van der Waals surface area contributed by atoms with Crippen molar-refractivity contribution in [1.82, 2.24) is 14.8 Å². The van der Waals surface area contributed by atoms with E-state index in [-0.39, 0.29) is 11.7 Å². The van der Waals surface area contributed by atoms with E-state index in [1.54, 1.807) is 35.9 Å². The molecule has 2 aromatic heterocycles. The molecule has 1 aromatic carbocycles. The number of hydrogen-bond acceptors (Lipinski definition) is 7. The van der Waals surface area contributed by atoms with Gasteiger partial charge in [0.05, 0.1) is 23.4 Å². The van der Waals surface area contributed by atoms with Crippen LogP contribution in [0.25, 0.3) is 11.4 Å². The summed E-state index contributed by atoms with van der Waals surface area (Å²) < 4.78 is 6.50. The van der Waals surface area contributed by atoms with Crippen molar-refractivity contribution >= 4 is 63.2 Å². The summed E-state index contributed by atoms with van der Waals surface area (Å²) in [5.74, 6) is -0.0969. The number of nitrogens with one attached hydrogen (secondary N) is 1. The summed E-state index contributed by atoms with van der Waals surface area (Å²) in [4.78, 5) is 25.1. The molecule has 0 aliphatic heterocycles. The molecule has 11 heteroatoms. The van der Waals surface area contributed by atoms with Crippen molar-refractivity contribution in [3.05, 3.63) is 44.8 Å². The molecule has 152 valence electrons. The highest BCUT2D eigenvalue weighted by atomic mass is 35.5. The van der Waals surface area contributed by atoms with Crippen molar-refractivity contribution in [1.29, 1.82) is 0 Å². The molecular weight excluding hydrogens is 455 g/mol. The molecule has 0 radical (unpaired) electrons. The molecule has 0 spiro atoms. The zero-order valence-corrected chi connectivity index (χ0v) is 18.8. The number of aryl methyl sites for hydroxylation is 1. The van der Waals surface area contributed by atoms with Crippen molar-refractivity contribution in [3.8, 4) is 11.4 Å². The molecule has 3 aromatic rings. The van der Waals surface area contributed by atoms with Gasteiger partial charge in [-0.25, -0.2) is 4.79 Å². The second-order valence-corrected chi connectivity index (χ2v) is 8.96. The first-order valence-corrected chi connectivity index (χ1v) is 10.8. The summed E-state index contributed by atoms with van der Waals surface area (Å²) >= 11 is 14.7. The van der Waals surface area contributed by atoms with E-state index in [1.165, 1.54) is 30.2 Å². The fraction of sp³-hybridized carbons (Fsp3) is 0.222. The molecule has 3 rings (SSSR count). The summed E-state index contributed by atoms with van der Waals surface area (Å²) in [6.07, 6.45) is 0. The standard InChI is InChI=1S/C18H16Cl2N4O3S2/c1-9-6-12(17(26)27-3)16(29-9)21-14(25)8-28-18-23-22-15(24(18)2)11-5-4-10(19)7-13(11)20/h4-7H,8H2,1-3H3,(H,21,25). The van der Waals surface area contributed by atoms with Gasteiger partial charge in [-0.2, -0.15) is 0 Å². The number of rotatable bonds is 6. The number of aromatic nitrogens is 3. The van der Waals surface area contributed by atoms with Gasteiger partial charge in [0, 0.05) is 22.5 Å². The Morgan fingerprint density at radius 1 is 1.28 bits per heavy atom. The highest BCUT2D eigenvalue weighted by Crippen LogP contribution is 2.31. The van der Waals surface area contributed by atoms with Gasteiger partial charge in [-0.05, 0) is 31.2 Å². The smallest absolute Gasteiger partial charge is 0.340 e. The van der Waals surface area contributed by atoms with Crippen LogP contribution in [0.1, 0.15) is 15.2 Å². The Kier molecular flexibility index (Phi) is 6.84. The number of methoxy groups -OCH3 is 1. The van der Waals surface area contributed by atoms with Crippen molar-refractivity contribution in [2.24, 2.45) is 7.05 Å². The van der Waals surface area contributed by atoms with Gasteiger partial charge in [0.1, 0.15) is 5.00 Å². The number of carbonyl (C=O) groups is 2. The predicted octanol–water partition coefficient (Wildman–Crippen LogP) is 4.68. The quantitative estimate of drug-likeness (QED) is 0.415. The van der Waals surface area contributed by atoms with E-state index in [4.69, 9.17) is 27.9 Å². The van der Waals surface area contributed by atoms with E-state index in [0.717, 1.165) is 4.88 Å². The molecule has 0 atom stereocenters. The van der Waals surface area contributed by atoms with Crippen molar-refractivity contribution in [2.75, 3.05) is 18.2 Å². The van der Waals surface area contributed by atoms with E-state index >= 15 is 0 Å². The number of halogens is 2. The third-order valence-corrected chi connectivity index (χ3v) is 6.39. The van der Waals surface area contributed by atoms with E-state index in [2.05, 4.69) is 15.5 Å². The van der Waals surface area contributed by atoms with Crippen LogP contribution in [-0.4, -0.2) is 39.5 Å². The first-order valence-electron chi connectivity index (χ1n) is 8.26. The van der Waals surface area contributed by atoms with E-state index in [0.29, 0.717) is 37.2 Å². The van der Waals surface area contributed by atoms with Crippen LogP contribution in [0.5, 0.6) is 0 Å². The molecule has 2 heterocycles. The molecule has 0 aliphatic rings. The topological polar surface area (TPSA) is 86.1 Å². The zero-order chi connectivity index (χ0) is 21.1. The average molecular weight is 471 g/mol. The summed E-state index contributed by atoms with van der Waals surface area (Å²) in [6.45, 7) is 1.85. The number of amides is 1. The Morgan fingerprint density at radius 3 is 2.72 bits per heavy atom. The SMILES string of the molecule is COC(=O)c1cc(C)sc1NC(=O)CSc1nnc(-c2ccc(Cl)cc2Cl)n1C. The third-order valence-electron chi connectivity index (χ3n) is 3.85. The summed E-state index contributed by atoms with van der Waals surface area (Å²) in [7, 11) is 3.09. The van der Waals surface area contributed by atoms with Crippen molar-refractivity contribution < 1.29 is 14.3 Å². The van der Waals surface area contributed by atoms with Crippen LogP contribution in [0.3, 0.4) is 0 Å². The molecule has 0 bridgehead atoms. The molecule has 0 aliphatic carbocycles. The lowest BCUT2D eigenvalue weighted by molar-refractivity contribution is -0.113. The second-order valence-electron chi connectivity index (χ2n) is 5.92. The minimum absolute atomic E-state index is 0.0951. The van der Waals surface area contributed by atoms with Gasteiger partial charge in [-0.1, -0.05) is 35.0 Å². The molecule has 0 saturated carbocycles. The highest BCUT2D eigenvalue weighted by Gasteiger charge is 2.19. The van der Waals surface area contributed by atoms with E-state index in [1.807, 2.05) is 6.92 Å². The van der Waals surface area contributed by atoms with Gasteiger partial charge in [0.25, 0.3) is 0 Å². The van der Waals surface area contributed by atoms with Crippen LogP contribution < -0.4 is 5.32 Å². The number of thiophene rings is 1. The molecule has 0 saturated heterocycles. The minimum Gasteiger partial charge on any atom is -0.465 e. The van der Waals surface area contributed by atoms with Crippen molar-refractivity contribution in [2.45, 2.75) is 12.1 Å². The Hall–Kier alpha value is -2.07. The van der Waals surface area contributed by atoms with Crippen molar-refractivity contribution in [3.63, 3.8) is 0 Å². The first kappa shape index (κ1) is 21.6. The number of nitrogens with zero attached hydrogens (tertiary/aromatic N) is 3. The normalized spacial score (nSPS) is 10.8. The maximum atomic E-state index is 12.4. The maximum absolute atomic E-state index is 12.4. The van der Waals surface area contributed by atoms with Crippen LogP contribution in [0.15, 0.2) is 29.4 Å². The van der Waals surface area contributed by atoms with E-state index in [9.17, 15) is 9.59 Å². The summed E-state index contributed by atoms with van der Waals surface area (Å²) in [5.41, 5.74) is 1.03. The average Bonchev–Trinajstić information content (AvgIpc) is 3.22. The number of esters is 1. The van der Waals surface area contributed by atoms with Gasteiger partial charge in [-0.3, -0.25) is 4.79 Å². The number of anilines is 1. The lowest BCUT2D eigenvalue weighted by atomic mass is 10.2. The van der Waals surface area contributed by atoms with Crippen LogP contribution >= 0.6 is 46.3 Å². The maximum Gasteiger partial charge on any atom is 0.340 e. The lowest BCUT2D eigenvalue weighted by Gasteiger charge is -2.07. The van der Waals surface area contributed by atoms with Crippen LogP contribution in [0.4, 0.5) is 5.00 Å². The fourth-order valence-electron chi connectivity index (χ4n) is 2.51. The summed E-state index contributed by atoms with van der Waals surface area (Å²) in [6, 6.07) is 6.81. The summed E-state index contributed by atoms with van der Waals surface area (Å²) in [5, 5.41) is 13.1. The monoisotopic (exact) mass is 470 g/mol. The van der Waals surface area contributed by atoms with Gasteiger partial charge < -0.3 is 14.6 Å². The number of benzene rings is 1. The van der Waals surface area contributed by atoms with Gasteiger partial charge in [0.15, 0.2) is 11.0 Å². The largest absolute Gasteiger partial charge is 0.465 e. The van der Waals surface area contributed by atoms with Crippen LogP contribution in [0.2, 0.25) is 10.0 Å². The molecular formula is C18H16Cl2N4O3S2. The van der Waals surface area contributed by atoms with Gasteiger partial charge in [-0.15, -0.1) is 21.5 Å². The molecule has 1 amide bonds. The van der Waals surface area contributed by atoms with E-state index < -0.39 is 5.97 Å². The Morgan fingerprint density at radius 2 is 2.03 bits per heavy atom. The molecule has 0 unspecified atom stereocenters. The molecule has 1 N–H and O–H groups in total. The molecule has 7 nitrogen and oxygen atoms in total. The Bertz CT molecular complexity index is 1080. The van der Waals surface area contributed by atoms with Crippen LogP contribution in [-0.2, 0) is 16.6 Å². The number of ether oxygens (including phenoxy) is 1. The Labute approximate surface area is 185 Å². The lowest BCUT2D eigenvalue weighted by Crippen LogP contribution is -2.16.